The van der Waals surface area contributed by atoms with E-state index in [2.05, 4.69) is 19.5 Å². The molecule has 0 spiro atoms. The van der Waals surface area contributed by atoms with Crippen molar-refractivity contribution in [2.75, 3.05) is 11.9 Å². The predicted molar refractivity (Wildman–Crippen MR) is 134 cm³/mol. The number of carbonyl (C=O) groups is 1. The average Bonchev–Trinajstić information content (AvgIpc) is 3.33. The summed E-state index contributed by atoms with van der Waals surface area (Å²) in [6.07, 6.45) is 3.48. The van der Waals surface area contributed by atoms with Gasteiger partial charge in [0.25, 0.3) is 0 Å². The highest BCUT2D eigenvalue weighted by molar-refractivity contribution is 7.84. The normalized spacial score (nSPS) is 20.2. The van der Waals surface area contributed by atoms with Crippen LogP contribution < -0.4 is 10.5 Å². The van der Waals surface area contributed by atoms with Crippen molar-refractivity contribution in [2.24, 2.45) is 11.1 Å². The van der Waals surface area contributed by atoms with Crippen LogP contribution in [0, 0.1) is 12.8 Å². The summed E-state index contributed by atoms with van der Waals surface area (Å²) in [5.74, 6) is -0.250. The first kappa shape index (κ1) is 25.7. The minimum absolute atomic E-state index is 0.194. The van der Waals surface area contributed by atoms with E-state index in [-0.39, 0.29) is 18.4 Å². The Morgan fingerprint density at radius 2 is 2.14 bits per heavy atom. The first-order chi connectivity index (χ1) is 16.6. The smallest absolute Gasteiger partial charge is 0.333 e. The van der Waals surface area contributed by atoms with Gasteiger partial charge in [0.2, 0.25) is 5.78 Å². The molecule has 1 aromatic carbocycles. The number of nitrogens with one attached hydrogen (secondary N) is 1. The number of nitrogens with two attached hydrogens (primary N) is 1. The van der Waals surface area contributed by atoms with E-state index in [9.17, 15) is 18.3 Å². The maximum absolute atomic E-state index is 13.4. The Morgan fingerprint density at radius 3 is 2.89 bits per heavy atom. The molecule has 2 aromatic heterocycles. The van der Waals surface area contributed by atoms with Gasteiger partial charge < -0.3 is 10.4 Å². The number of hydrogen-bond acceptors (Lipinski definition) is 9. The number of aliphatic hydroxyl groups is 1. The lowest BCUT2D eigenvalue weighted by molar-refractivity contribution is 0.101. The van der Waals surface area contributed by atoms with E-state index < -0.39 is 22.3 Å². The summed E-state index contributed by atoms with van der Waals surface area (Å²) in [6, 6.07) is 9.38. The van der Waals surface area contributed by atoms with Gasteiger partial charge in [0.05, 0.1) is 23.2 Å². The predicted octanol–water partition coefficient (Wildman–Crippen LogP) is 3.09. The van der Waals surface area contributed by atoms with Gasteiger partial charge in [-0.05, 0) is 49.1 Å². The molecule has 0 saturated heterocycles. The number of benzene rings is 1. The Bertz CT molecular complexity index is 1330. The standard InChI is InChI=1S/C23H25ClN4O5S2/c1-13-5-18(7-14-3-2-4-16(24)6-14)34-22(13)21(30)19-10-26-12-27-23(19)28-17-8-15(20(29)9-17)11-33-35(25,31)32/h2-6,10,12,15,17,20,29H,7-9,11H2,1H3,(H2,25,31,32)(H,26,27,28)/t15-,17?,20+/m1/s1. The average molecular weight is 537 g/mol. The van der Waals surface area contributed by atoms with Crippen LogP contribution in [-0.4, -0.2) is 48.0 Å². The lowest BCUT2D eigenvalue weighted by Crippen LogP contribution is -2.24. The lowest BCUT2D eigenvalue weighted by atomic mass is 10.1. The van der Waals surface area contributed by atoms with E-state index in [1.165, 1.54) is 23.9 Å². The number of rotatable bonds is 9. The minimum Gasteiger partial charge on any atom is -0.393 e. The zero-order valence-electron chi connectivity index (χ0n) is 18.8. The van der Waals surface area contributed by atoms with E-state index in [0.29, 0.717) is 40.5 Å². The lowest BCUT2D eigenvalue weighted by Gasteiger charge is -2.15. The Morgan fingerprint density at radius 1 is 1.34 bits per heavy atom. The molecule has 35 heavy (non-hydrogen) atoms. The molecule has 0 aliphatic heterocycles. The van der Waals surface area contributed by atoms with Crippen LogP contribution in [0.4, 0.5) is 5.82 Å². The van der Waals surface area contributed by atoms with Crippen molar-refractivity contribution in [3.63, 3.8) is 0 Å². The molecule has 3 aromatic rings. The maximum atomic E-state index is 13.4. The molecular weight excluding hydrogens is 512 g/mol. The molecule has 9 nitrogen and oxygen atoms in total. The van der Waals surface area contributed by atoms with Crippen molar-refractivity contribution in [1.29, 1.82) is 0 Å². The molecule has 2 heterocycles. The highest BCUT2D eigenvalue weighted by Crippen LogP contribution is 2.32. The monoisotopic (exact) mass is 536 g/mol. The molecule has 0 radical (unpaired) electrons. The highest BCUT2D eigenvalue weighted by Gasteiger charge is 2.35. The zero-order chi connectivity index (χ0) is 25.2. The van der Waals surface area contributed by atoms with Crippen LogP contribution in [0.5, 0.6) is 0 Å². The van der Waals surface area contributed by atoms with E-state index in [1.807, 2.05) is 37.3 Å². The third-order valence-corrected chi connectivity index (χ3v) is 7.78. The molecule has 1 aliphatic rings. The maximum Gasteiger partial charge on any atom is 0.333 e. The number of halogens is 1. The van der Waals surface area contributed by atoms with Gasteiger partial charge in [0.15, 0.2) is 0 Å². The quantitative estimate of drug-likeness (QED) is 0.354. The summed E-state index contributed by atoms with van der Waals surface area (Å²) in [6.45, 7) is 1.68. The summed E-state index contributed by atoms with van der Waals surface area (Å²) in [4.78, 5) is 23.4. The Hall–Kier alpha value is -2.41. The van der Waals surface area contributed by atoms with Gasteiger partial charge in [-0.2, -0.15) is 8.42 Å². The number of aliphatic hydroxyl groups excluding tert-OH is 1. The molecule has 4 rings (SSSR count). The fourth-order valence-corrected chi connectivity index (χ4v) is 5.95. The van der Waals surface area contributed by atoms with Crippen LogP contribution in [0.3, 0.4) is 0 Å². The van der Waals surface area contributed by atoms with Crippen LogP contribution in [0.15, 0.2) is 42.9 Å². The van der Waals surface area contributed by atoms with Crippen LogP contribution in [0.25, 0.3) is 0 Å². The molecule has 1 aliphatic carbocycles. The van der Waals surface area contributed by atoms with Gasteiger partial charge in [-0.25, -0.2) is 15.1 Å². The molecule has 4 N–H and O–H groups in total. The largest absolute Gasteiger partial charge is 0.393 e. The summed E-state index contributed by atoms with van der Waals surface area (Å²) in [5, 5.41) is 19.1. The van der Waals surface area contributed by atoms with Crippen molar-refractivity contribution < 1.29 is 22.5 Å². The number of aryl methyl sites for hydroxylation is 1. The van der Waals surface area contributed by atoms with Crippen molar-refractivity contribution in [3.8, 4) is 0 Å². The molecular formula is C23H25ClN4O5S2. The molecule has 1 unspecified atom stereocenters. The Kier molecular flexibility index (Phi) is 7.84. The molecule has 0 amide bonds. The van der Waals surface area contributed by atoms with Gasteiger partial charge in [0.1, 0.15) is 12.1 Å². The number of hydrogen-bond donors (Lipinski definition) is 3. The Balaban J connectivity index is 1.48. The van der Waals surface area contributed by atoms with Crippen molar-refractivity contribution in [1.82, 2.24) is 9.97 Å². The van der Waals surface area contributed by atoms with Gasteiger partial charge in [0, 0.05) is 34.5 Å². The van der Waals surface area contributed by atoms with Gasteiger partial charge in [-0.15, -0.1) is 11.3 Å². The summed E-state index contributed by atoms with van der Waals surface area (Å²) < 4.78 is 26.8. The van der Waals surface area contributed by atoms with E-state index in [4.69, 9.17) is 16.7 Å². The topological polar surface area (TPSA) is 144 Å². The van der Waals surface area contributed by atoms with E-state index in [0.717, 1.165) is 16.0 Å². The second-order valence-corrected chi connectivity index (χ2v) is 11.4. The Labute approximate surface area is 212 Å². The molecule has 186 valence electrons. The van der Waals surface area contributed by atoms with Crippen molar-refractivity contribution in [2.45, 2.75) is 38.3 Å². The number of carbonyl (C=O) groups excluding carboxylic acids is 1. The SMILES string of the molecule is Cc1cc(Cc2cccc(Cl)c2)sc1C(=O)c1cncnc1NC1C[C@H](COS(N)(=O)=O)[C@@H](O)C1. The summed E-state index contributed by atoms with van der Waals surface area (Å²) in [7, 11) is -4.09. The highest BCUT2D eigenvalue weighted by atomic mass is 35.5. The summed E-state index contributed by atoms with van der Waals surface area (Å²) >= 11 is 7.52. The zero-order valence-corrected chi connectivity index (χ0v) is 21.2. The number of ketones is 1. The molecule has 3 atom stereocenters. The number of nitrogens with zero attached hydrogens (tertiary/aromatic N) is 2. The van der Waals surface area contributed by atoms with Crippen molar-refractivity contribution in [3.05, 3.63) is 74.3 Å². The second-order valence-electron chi connectivity index (χ2n) is 8.56. The van der Waals surface area contributed by atoms with E-state index >= 15 is 0 Å². The van der Waals surface area contributed by atoms with Crippen LogP contribution in [0.1, 0.15) is 44.1 Å². The van der Waals surface area contributed by atoms with Gasteiger partial charge in [-0.1, -0.05) is 23.7 Å². The van der Waals surface area contributed by atoms with Crippen molar-refractivity contribution >= 4 is 44.8 Å². The van der Waals surface area contributed by atoms with Crippen LogP contribution >= 0.6 is 22.9 Å². The fourth-order valence-electron chi connectivity index (χ4n) is 4.22. The first-order valence-corrected chi connectivity index (χ1v) is 13.6. The molecule has 12 heteroatoms. The first-order valence-electron chi connectivity index (χ1n) is 10.9. The molecule has 1 fully saturated rings. The van der Waals surface area contributed by atoms with Crippen LogP contribution in [-0.2, 0) is 20.9 Å². The fraction of sp³-hybridized carbons (Fsp3) is 0.348. The number of aromatic nitrogens is 2. The summed E-state index contributed by atoms with van der Waals surface area (Å²) in [5.41, 5.74) is 2.25. The van der Waals surface area contributed by atoms with Gasteiger partial charge >= 0.3 is 10.3 Å². The van der Waals surface area contributed by atoms with Crippen LogP contribution in [0.2, 0.25) is 5.02 Å². The third-order valence-electron chi connectivity index (χ3n) is 5.84. The second kappa shape index (κ2) is 10.7. The molecule has 0 bridgehead atoms. The minimum atomic E-state index is -4.09. The van der Waals surface area contributed by atoms with Gasteiger partial charge in [-0.3, -0.25) is 8.98 Å². The number of anilines is 1. The molecule has 1 saturated carbocycles. The third kappa shape index (κ3) is 6.63. The number of thiophene rings is 1. The van der Waals surface area contributed by atoms with E-state index in [1.54, 1.807) is 0 Å².